The Bertz CT molecular complexity index is 192. The number of rotatable bonds is 2. The second-order valence-corrected chi connectivity index (χ2v) is 5.15. The minimum absolute atomic E-state index is 0.0349. The van der Waals surface area contributed by atoms with Crippen molar-refractivity contribution in [1.29, 1.82) is 0 Å². The van der Waals surface area contributed by atoms with E-state index in [-0.39, 0.29) is 6.35 Å². The molecule has 2 fully saturated rings. The Labute approximate surface area is 93.0 Å². The van der Waals surface area contributed by atoms with Crippen molar-refractivity contribution < 1.29 is 4.74 Å². The zero-order valence-electron chi connectivity index (χ0n) is 10.1. The van der Waals surface area contributed by atoms with Gasteiger partial charge in [0.05, 0.1) is 0 Å². The molecule has 2 N–H and O–H groups in total. The second-order valence-electron chi connectivity index (χ2n) is 5.15. The Balaban J connectivity index is 1.98. The van der Waals surface area contributed by atoms with Crippen LogP contribution in [0, 0.1) is 11.8 Å². The van der Waals surface area contributed by atoms with Crippen molar-refractivity contribution in [1.82, 2.24) is 10.6 Å². The molecule has 2 rings (SSSR count). The average Bonchev–Trinajstić information content (AvgIpc) is 2.69. The molecule has 1 saturated heterocycles. The topological polar surface area (TPSA) is 33.3 Å². The van der Waals surface area contributed by atoms with Crippen LogP contribution in [0.25, 0.3) is 0 Å². The third-order valence-corrected chi connectivity index (χ3v) is 4.16. The van der Waals surface area contributed by atoms with Gasteiger partial charge in [0.25, 0.3) is 0 Å². The average molecular weight is 212 g/mol. The van der Waals surface area contributed by atoms with Crippen LogP contribution in [0.2, 0.25) is 0 Å². The van der Waals surface area contributed by atoms with Crippen molar-refractivity contribution in [3.63, 3.8) is 0 Å². The molecular formula is C12H24N2O. The minimum atomic E-state index is 0.0349. The molecule has 2 atom stereocenters. The SMILES string of the molecule is COC1NC(C)C(C2CCCC2)C(C)N1. The summed E-state index contributed by atoms with van der Waals surface area (Å²) in [7, 11) is 1.75. The zero-order chi connectivity index (χ0) is 10.8. The number of nitrogens with one attached hydrogen (secondary N) is 2. The quantitative estimate of drug-likeness (QED) is 0.731. The molecule has 3 nitrogen and oxygen atoms in total. The van der Waals surface area contributed by atoms with Gasteiger partial charge in [-0.1, -0.05) is 25.7 Å². The molecular weight excluding hydrogens is 188 g/mol. The maximum absolute atomic E-state index is 5.32. The van der Waals surface area contributed by atoms with Crippen molar-refractivity contribution in [3.8, 4) is 0 Å². The van der Waals surface area contributed by atoms with Gasteiger partial charge in [0, 0.05) is 19.2 Å². The smallest absolute Gasteiger partial charge is 0.163 e. The van der Waals surface area contributed by atoms with Gasteiger partial charge >= 0.3 is 0 Å². The van der Waals surface area contributed by atoms with Crippen LogP contribution < -0.4 is 10.6 Å². The predicted octanol–water partition coefficient (Wildman–Crippen LogP) is 1.69. The fourth-order valence-corrected chi connectivity index (χ4v) is 3.48. The summed E-state index contributed by atoms with van der Waals surface area (Å²) in [6, 6.07) is 1.13. The lowest BCUT2D eigenvalue weighted by molar-refractivity contribution is -0.0238. The third kappa shape index (κ3) is 2.35. The Morgan fingerprint density at radius 1 is 1.00 bits per heavy atom. The first-order valence-electron chi connectivity index (χ1n) is 6.27. The first kappa shape index (κ1) is 11.4. The Kier molecular flexibility index (Phi) is 3.65. The summed E-state index contributed by atoms with van der Waals surface area (Å²) in [6.45, 7) is 4.60. The van der Waals surface area contributed by atoms with Crippen molar-refractivity contribution in [2.24, 2.45) is 11.8 Å². The Morgan fingerprint density at radius 3 is 2.00 bits per heavy atom. The molecule has 15 heavy (non-hydrogen) atoms. The lowest BCUT2D eigenvalue weighted by Gasteiger charge is -2.43. The molecule has 2 aliphatic rings. The van der Waals surface area contributed by atoms with Gasteiger partial charge < -0.3 is 4.74 Å². The van der Waals surface area contributed by atoms with Crippen LogP contribution in [-0.4, -0.2) is 25.5 Å². The van der Waals surface area contributed by atoms with Crippen LogP contribution in [0.15, 0.2) is 0 Å². The van der Waals surface area contributed by atoms with E-state index >= 15 is 0 Å². The molecule has 0 aromatic rings. The van der Waals surface area contributed by atoms with E-state index in [4.69, 9.17) is 4.74 Å². The van der Waals surface area contributed by atoms with Gasteiger partial charge in [-0.25, -0.2) is 0 Å². The molecule has 0 spiro atoms. The number of hydrogen-bond donors (Lipinski definition) is 2. The molecule has 3 heteroatoms. The van der Waals surface area contributed by atoms with Gasteiger partial charge in [0.15, 0.2) is 6.35 Å². The molecule has 0 radical (unpaired) electrons. The summed E-state index contributed by atoms with van der Waals surface area (Å²) in [5.74, 6) is 1.67. The summed E-state index contributed by atoms with van der Waals surface area (Å²) < 4.78 is 5.32. The first-order chi connectivity index (χ1) is 7.22. The van der Waals surface area contributed by atoms with Crippen molar-refractivity contribution in [2.45, 2.75) is 58.0 Å². The van der Waals surface area contributed by atoms with Crippen LogP contribution in [0.1, 0.15) is 39.5 Å². The highest BCUT2D eigenvalue weighted by atomic mass is 16.5. The molecule has 2 unspecified atom stereocenters. The number of ether oxygens (including phenoxy) is 1. The third-order valence-electron chi connectivity index (χ3n) is 4.16. The second kappa shape index (κ2) is 4.81. The fraction of sp³-hybridized carbons (Fsp3) is 1.00. The van der Waals surface area contributed by atoms with Gasteiger partial charge in [-0.2, -0.15) is 0 Å². The van der Waals surface area contributed by atoms with Crippen molar-refractivity contribution in [3.05, 3.63) is 0 Å². The van der Waals surface area contributed by atoms with Crippen LogP contribution in [0.3, 0.4) is 0 Å². The van der Waals surface area contributed by atoms with E-state index in [1.165, 1.54) is 25.7 Å². The fourth-order valence-electron chi connectivity index (χ4n) is 3.48. The van der Waals surface area contributed by atoms with Crippen LogP contribution in [0.5, 0.6) is 0 Å². The summed E-state index contributed by atoms with van der Waals surface area (Å²) in [6.07, 6.45) is 5.72. The molecule has 1 aliphatic carbocycles. The van der Waals surface area contributed by atoms with E-state index in [0.717, 1.165) is 11.8 Å². The van der Waals surface area contributed by atoms with Crippen LogP contribution in [0.4, 0.5) is 0 Å². The monoisotopic (exact) mass is 212 g/mol. The standard InChI is InChI=1S/C12H24N2O/c1-8-11(10-6-4-5-7-10)9(2)14-12(13-8)15-3/h8-14H,4-7H2,1-3H3. The van der Waals surface area contributed by atoms with Crippen molar-refractivity contribution >= 4 is 0 Å². The van der Waals surface area contributed by atoms with Crippen LogP contribution >= 0.6 is 0 Å². The van der Waals surface area contributed by atoms with Gasteiger partial charge in [0.2, 0.25) is 0 Å². The van der Waals surface area contributed by atoms with Crippen LogP contribution in [-0.2, 0) is 4.74 Å². The van der Waals surface area contributed by atoms with Gasteiger partial charge in [-0.05, 0) is 25.7 Å². The van der Waals surface area contributed by atoms with Gasteiger partial charge in [-0.3, -0.25) is 10.6 Å². The highest BCUT2D eigenvalue weighted by Crippen LogP contribution is 2.36. The normalized spacial score (nSPS) is 43.4. The zero-order valence-corrected chi connectivity index (χ0v) is 10.1. The molecule has 1 aliphatic heterocycles. The molecule has 88 valence electrons. The predicted molar refractivity (Wildman–Crippen MR) is 61.4 cm³/mol. The first-order valence-corrected chi connectivity index (χ1v) is 6.27. The van der Waals surface area contributed by atoms with E-state index in [0.29, 0.717) is 12.1 Å². The number of methoxy groups -OCH3 is 1. The largest absolute Gasteiger partial charge is 0.353 e. The maximum Gasteiger partial charge on any atom is 0.163 e. The van der Waals surface area contributed by atoms with E-state index in [1.807, 2.05) is 0 Å². The van der Waals surface area contributed by atoms with Gasteiger partial charge in [0.1, 0.15) is 0 Å². The molecule has 1 heterocycles. The highest BCUT2D eigenvalue weighted by Gasteiger charge is 2.38. The molecule has 1 saturated carbocycles. The molecule has 0 aromatic carbocycles. The maximum atomic E-state index is 5.32. The van der Waals surface area contributed by atoms with E-state index in [1.54, 1.807) is 7.11 Å². The van der Waals surface area contributed by atoms with E-state index in [2.05, 4.69) is 24.5 Å². The van der Waals surface area contributed by atoms with E-state index < -0.39 is 0 Å². The summed E-state index contributed by atoms with van der Waals surface area (Å²) in [5, 5.41) is 6.98. The van der Waals surface area contributed by atoms with Crippen molar-refractivity contribution in [2.75, 3.05) is 7.11 Å². The summed E-state index contributed by atoms with van der Waals surface area (Å²) in [5.41, 5.74) is 0. The summed E-state index contributed by atoms with van der Waals surface area (Å²) >= 11 is 0. The lowest BCUT2D eigenvalue weighted by Crippen LogP contribution is -2.63. The number of hydrogen-bond acceptors (Lipinski definition) is 3. The molecule has 0 aromatic heterocycles. The Morgan fingerprint density at radius 2 is 1.53 bits per heavy atom. The molecule has 0 bridgehead atoms. The summed E-state index contributed by atoms with van der Waals surface area (Å²) in [4.78, 5) is 0. The Hall–Kier alpha value is -0.120. The highest BCUT2D eigenvalue weighted by molar-refractivity contribution is 4.92. The minimum Gasteiger partial charge on any atom is -0.353 e. The lowest BCUT2D eigenvalue weighted by atomic mass is 9.79. The molecule has 0 amide bonds. The van der Waals surface area contributed by atoms with E-state index in [9.17, 15) is 0 Å². The van der Waals surface area contributed by atoms with Gasteiger partial charge in [-0.15, -0.1) is 0 Å².